The molecular weight excluding hydrogens is 365 g/mol. The van der Waals surface area contributed by atoms with Gasteiger partial charge in [-0.1, -0.05) is 6.07 Å². The van der Waals surface area contributed by atoms with Crippen molar-refractivity contribution in [3.63, 3.8) is 0 Å². The molecule has 1 aromatic carbocycles. The molecule has 3 atom stereocenters. The smallest absolute Gasteiger partial charge is 0.416 e. The van der Waals surface area contributed by atoms with Crippen molar-refractivity contribution in [2.24, 2.45) is 0 Å². The van der Waals surface area contributed by atoms with Gasteiger partial charge in [0.1, 0.15) is 24.3 Å². The number of nitrogens with one attached hydrogen (secondary N) is 1. The van der Waals surface area contributed by atoms with Crippen LogP contribution in [-0.2, 0) is 4.74 Å². The predicted molar refractivity (Wildman–Crippen MR) is 89.7 cm³/mol. The Morgan fingerprint density at radius 3 is 2.70 bits per heavy atom. The first-order valence-electron chi connectivity index (χ1n) is 8.16. The summed E-state index contributed by atoms with van der Waals surface area (Å²) in [5.74, 6) is -2.79. The van der Waals surface area contributed by atoms with Crippen molar-refractivity contribution >= 4 is 17.9 Å². The highest BCUT2D eigenvalue weighted by molar-refractivity contribution is 5.89. The number of anilines is 2. The van der Waals surface area contributed by atoms with Crippen molar-refractivity contribution in [2.75, 3.05) is 16.8 Å². The van der Waals surface area contributed by atoms with Crippen LogP contribution >= 0.6 is 0 Å². The molecule has 0 radical (unpaired) electrons. The molecule has 0 saturated carbocycles. The lowest BCUT2D eigenvalue weighted by Gasteiger charge is -2.23. The van der Waals surface area contributed by atoms with E-state index >= 15 is 0 Å². The van der Waals surface area contributed by atoms with Crippen LogP contribution in [0, 0.1) is 17.5 Å². The highest BCUT2D eigenvalue weighted by Gasteiger charge is 2.39. The van der Waals surface area contributed by atoms with E-state index in [1.165, 1.54) is 13.0 Å². The summed E-state index contributed by atoms with van der Waals surface area (Å²) in [5, 5.41) is 12.6. The number of hydrogen-bond donors (Lipinski definition) is 2. The van der Waals surface area contributed by atoms with Gasteiger partial charge in [-0.25, -0.2) is 27.8 Å². The number of cyclic esters (lactones) is 1. The second kappa shape index (κ2) is 7.39. The molecule has 1 unspecified atom stereocenters. The zero-order valence-electron chi connectivity index (χ0n) is 14.5. The summed E-state index contributed by atoms with van der Waals surface area (Å²) in [6, 6.07) is 1.66. The summed E-state index contributed by atoms with van der Waals surface area (Å²) in [6.45, 7) is 2.92. The number of ether oxygens (including phenoxy) is 1. The number of carbonyl (C=O) groups is 1. The Kier molecular flexibility index (Phi) is 5.17. The summed E-state index contributed by atoms with van der Waals surface area (Å²) in [4.78, 5) is 20.6. The van der Waals surface area contributed by atoms with E-state index in [9.17, 15) is 23.1 Å². The average Bonchev–Trinajstić information content (AvgIpc) is 2.98. The maximum Gasteiger partial charge on any atom is 0.416 e. The number of benzene rings is 1. The van der Waals surface area contributed by atoms with Gasteiger partial charge in [0.15, 0.2) is 11.6 Å². The quantitative estimate of drug-likeness (QED) is 0.827. The molecular formula is C17H17F3N4O3. The van der Waals surface area contributed by atoms with Crippen LogP contribution in [0.4, 0.5) is 29.7 Å². The standard InChI is InChI=1S/C17H17F3N4O3/c1-8(11-4-3-10(18)5-12(11)19)22-16-21-6-13(20)15(23-16)24-14(9(2)25)7-27-17(24)26/h3-6,8-9,14,25H,7H2,1-2H3,(H,21,22,23)/t8-,9+,14?/m0/s1. The van der Waals surface area contributed by atoms with Gasteiger partial charge in [0.25, 0.3) is 0 Å². The normalized spacial score (nSPS) is 19.0. The topological polar surface area (TPSA) is 87.6 Å². The van der Waals surface area contributed by atoms with E-state index in [4.69, 9.17) is 4.74 Å². The SMILES string of the molecule is C[C@H](Nc1ncc(F)c(N2C(=O)OCC2[C@@H](C)O)n1)c1ccc(F)cc1F. The summed E-state index contributed by atoms with van der Waals surface area (Å²) in [6.07, 6.45) is -0.972. The molecule has 1 aromatic heterocycles. The molecule has 2 aromatic rings. The minimum absolute atomic E-state index is 0.0772. The monoisotopic (exact) mass is 382 g/mol. The number of aromatic nitrogens is 2. The molecule has 0 aliphatic carbocycles. The second-order valence-corrected chi connectivity index (χ2v) is 6.15. The average molecular weight is 382 g/mol. The first kappa shape index (κ1) is 18.9. The Hall–Kier alpha value is -2.88. The van der Waals surface area contributed by atoms with Crippen LogP contribution in [0.5, 0.6) is 0 Å². The van der Waals surface area contributed by atoms with Crippen LogP contribution < -0.4 is 10.2 Å². The van der Waals surface area contributed by atoms with Crippen molar-refractivity contribution in [2.45, 2.75) is 32.0 Å². The Labute approximate surface area is 152 Å². The van der Waals surface area contributed by atoms with Crippen molar-refractivity contribution in [1.29, 1.82) is 0 Å². The van der Waals surface area contributed by atoms with E-state index < -0.39 is 41.7 Å². The summed E-state index contributed by atoms with van der Waals surface area (Å²) in [7, 11) is 0. The van der Waals surface area contributed by atoms with Crippen molar-refractivity contribution in [3.8, 4) is 0 Å². The number of carbonyl (C=O) groups excluding carboxylic acids is 1. The molecule has 1 aliphatic heterocycles. The van der Waals surface area contributed by atoms with Crippen molar-refractivity contribution in [3.05, 3.63) is 47.4 Å². The molecule has 10 heteroatoms. The zero-order chi connectivity index (χ0) is 19.7. The van der Waals surface area contributed by atoms with Crippen LogP contribution in [0.3, 0.4) is 0 Å². The minimum Gasteiger partial charge on any atom is -0.447 e. The first-order valence-corrected chi connectivity index (χ1v) is 8.16. The molecule has 2 heterocycles. The third-order valence-electron chi connectivity index (χ3n) is 4.19. The van der Waals surface area contributed by atoms with Crippen LogP contribution in [0.2, 0.25) is 0 Å². The number of amides is 1. The number of halogens is 3. The highest BCUT2D eigenvalue weighted by atomic mass is 19.1. The van der Waals surface area contributed by atoms with Gasteiger partial charge in [-0.2, -0.15) is 4.98 Å². The fourth-order valence-electron chi connectivity index (χ4n) is 2.76. The van der Waals surface area contributed by atoms with Gasteiger partial charge in [-0.3, -0.25) is 0 Å². The lowest BCUT2D eigenvalue weighted by molar-refractivity contribution is 0.142. The van der Waals surface area contributed by atoms with Crippen LogP contribution in [0.15, 0.2) is 24.4 Å². The van der Waals surface area contributed by atoms with Gasteiger partial charge in [0, 0.05) is 11.6 Å². The molecule has 2 N–H and O–H groups in total. The summed E-state index contributed by atoms with van der Waals surface area (Å²) >= 11 is 0. The number of aliphatic hydroxyl groups excluding tert-OH is 1. The number of rotatable bonds is 5. The third-order valence-corrected chi connectivity index (χ3v) is 4.19. The van der Waals surface area contributed by atoms with Crippen molar-refractivity contribution < 1.29 is 27.8 Å². The van der Waals surface area contributed by atoms with Crippen LogP contribution in [-0.4, -0.2) is 39.9 Å². The fourth-order valence-corrected chi connectivity index (χ4v) is 2.76. The van der Waals surface area contributed by atoms with Crippen molar-refractivity contribution in [1.82, 2.24) is 9.97 Å². The molecule has 1 fully saturated rings. The molecule has 7 nitrogen and oxygen atoms in total. The number of nitrogens with zero attached hydrogens (tertiary/aromatic N) is 3. The van der Waals surface area contributed by atoms with E-state index in [1.807, 2.05) is 0 Å². The lowest BCUT2D eigenvalue weighted by Crippen LogP contribution is -2.42. The maximum absolute atomic E-state index is 14.2. The summed E-state index contributed by atoms with van der Waals surface area (Å²) in [5.41, 5.74) is 0.160. The first-order chi connectivity index (χ1) is 12.8. The van der Waals surface area contributed by atoms with Gasteiger partial charge in [-0.15, -0.1) is 0 Å². The lowest BCUT2D eigenvalue weighted by atomic mass is 10.1. The Bertz CT molecular complexity index is 865. The highest BCUT2D eigenvalue weighted by Crippen LogP contribution is 2.27. The van der Waals surface area contributed by atoms with Gasteiger partial charge in [0.05, 0.1) is 18.3 Å². The fraction of sp³-hybridized carbons (Fsp3) is 0.353. The molecule has 1 amide bonds. The van der Waals surface area contributed by atoms with E-state index in [1.54, 1.807) is 6.92 Å². The number of hydrogen-bond acceptors (Lipinski definition) is 6. The largest absolute Gasteiger partial charge is 0.447 e. The van der Waals surface area contributed by atoms with Gasteiger partial charge in [0.2, 0.25) is 5.95 Å². The molecule has 0 spiro atoms. The van der Waals surface area contributed by atoms with E-state index in [-0.39, 0.29) is 23.9 Å². The summed E-state index contributed by atoms with van der Waals surface area (Å²) < 4.78 is 46.0. The van der Waals surface area contributed by atoms with E-state index in [2.05, 4.69) is 15.3 Å². The van der Waals surface area contributed by atoms with Gasteiger partial charge in [-0.05, 0) is 19.9 Å². The van der Waals surface area contributed by atoms with Crippen LogP contribution in [0.25, 0.3) is 0 Å². The maximum atomic E-state index is 14.2. The molecule has 1 saturated heterocycles. The van der Waals surface area contributed by atoms with Crippen LogP contribution in [0.1, 0.15) is 25.5 Å². The van der Waals surface area contributed by atoms with E-state index in [0.29, 0.717) is 0 Å². The van der Waals surface area contributed by atoms with Gasteiger partial charge < -0.3 is 15.2 Å². The Morgan fingerprint density at radius 1 is 1.30 bits per heavy atom. The predicted octanol–water partition coefficient (Wildman–Crippen LogP) is 2.77. The van der Waals surface area contributed by atoms with E-state index in [0.717, 1.165) is 23.2 Å². The molecule has 1 aliphatic rings. The molecule has 0 bridgehead atoms. The molecule has 27 heavy (non-hydrogen) atoms. The molecule has 144 valence electrons. The second-order valence-electron chi connectivity index (χ2n) is 6.15. The van der Waals surface area contributed by atoms with Gasteiger partial charge >= 0.3 is 6.09 Å². The Balaban J connectivity index is 1.88. The zero-order valence-corrected chi connectivity index (χ0v) is 14.5. The minimum atomic E-state index is -0.977. The Morgan fingerprint density at radius 2 is 2.04 bits per heavy atom. The number of aliphatic hydroxyl groups is 1. The molecule has 3 rings (SSSR count). The third kappa shape index (κ3) is 3.80.